The average molecular weight is 528 g/mol. The molecule has 0 aliphatic carbocycles. The van der Waals surface area contributed by atoms with Crippen LogP contribution in [0.25, 0.3) is 0 Å². The predicted molar refractivity (Wildman–Crippen MR) is 151 cm³/mol. The number of amides is 3. The monoisotopic (exact) mass is 527 g/mol. The zero-order valence-electron chi connectivity index (χ0n) is 22.3. The molecule has 8 nitrogen and oxygen atoms in total. The van der Waals surface area contributed by atoms with Crippen LogP contribution in [0.15, 0.2) is 60.7 Å². The molecule has 0 saturated carbocycles. The van der Waals surface area contributed by atoms with Crippen molar-refractivity contribution in [3.8, 4) is 5.75 Å². The maximum Gasteiger partial charge on any atom is 0.326 e. The molecule has 0 saturated heterocycles. The van der Waals surface area contributed by atoms with Crippen molar-refractivity contribution in [2.24, 2.45) is 0 Å². The number of fused-ring (bicyclic) bond motifs is 2. The summed E-state index contributed by atoms with van der Waals surface area (Å²) in [5, 5.41) is 12.2. The number of hydrogen-bond donors (Lipinski definition) is 2. The minimum absolute atomic E-state index is 0.0217. The van der Waals surface area contributed by atoms with E-state index in [-0.39, 0.29) is 30.7 Å². The standard InChI is InChI=1S/C31H33N3O5/c1-3-21(19-30(36)37)23-9-11-27-24(18-23)13-14-33(27)29(35)17-20-8-10-25(28(16-20)39-2)32-31(38)34-15-12-22-6-4-5-7-26(22)34/h4-11,16,18,21H,3,12-15,17,19H2,1-2H3,(H,32,38)(H,36,37)/t21-/m1/s1. The van der Waals surface area contributed by atoms with Crippen LogP contribution in [-0.4, -0.2) is 43.2 Å². The maximum atomic E-state index is 13.3. The topological polar surface area (TPSA) is 99.2 Å². The third-order valence-corrected chi connectivity index (χ3v) is 7.68. The van der Waals surface area contributed by atoms with Crippen LogP contribution in [0, 0.1) is 0 Å². The van der Waals surface area contributed by atoms with Crippen molar-refractivity contribution in [3.05, 3.63) is 82.9 Å². The Bertz CT molecular complexity index is 1420. The van der Waals surface area contributed by atoms with Gasteiger partial charge in [0.25, 0.3) is 0 Å². The molecule has 202 valence electrons. The summed E-state index contributed by atoms with van der Waals surface area (Å²) in [7, 11) is 1.55. The van der Waals surface area contributed by atoms with E-state index in [2.05, 4.69) is 11.4 Å². The number of benzene rings is 3. The molecule has 8 heteroatoms. The van der Waals surface area contributed by atoms with E-state index in [4.69, 9.17) is 4.74 Å². The van der Waals surface area contributed by atoms with Crippen molar-refractivity contribution in [2.75, 3.05) is 35.3 Å². The van der Waals surface area contributed by atoms with E-state index >= 15 is 0 Å². The van der Waals surface area contributed by atoms with Gasteiger partial charge in [-0.3, -0.25) is 14.5 Å². The molecule has 0 radical (unpaired) electrons. The predicted octanol–water partition coefficient (Wildman–Crippen LogP) is 5.39. The minimum Gasteiger partial charge on any atom is -0.495 e. The highest BCUT2D eigenvalue weighted by Gasteiger charge is 2.27. The Balaban J connectivity index is 1.26. The first-order valence-electron chi connectivity index (χ1n) is 13.4. The molecule has 0 aromatic heterocycles. The minimum atomic E-state index is -0.804. The first-order chi connectivity index (χ1) is 18.9. The number of para-hydroxylation sites is 1. The molecule has 2 aliphatic heterocycles. The number of anilines is 3. The van der Waals surface area contributed by atoms with Gasteiger partial charge in [0.15, 0.2) is 0 Å². The summed E-state index contributed by atoms with van der Waals surface area (Å²) in [6.07, 6.45) is 2.61. The Morgan fingerprint density at radius 1 is 0.949 bits per heavy atom. The van der Waals surface area contributed by atoms with Crippen molar-refractivity contribution >= 4 is 35.0 Å². The number of carbonyl (C=O) groups excluding carboxylic acids is 2. The van der Waals surface area contributed by atoms with Gasteiger partial charge >= 0.3 is 12.0 Å². The number of urea groups is 1. The third-order valence-electron chi connectivity index (χ3n) is 7.68. The van der Waals surface area contributed by atoms with Gasteiger partial charge in [-0.2, -0.15) is 0 Å². The average Bonchev–Trinajstić information content (AvgIpc) is 3.56. The van der Waals surface area contributed by atoms with Crippen molar-refractivity contribution in [2.45, 2.75) is 44.9 Å². The van der Waals surface area contributed by atoms with E-state index in [9.17, 15) is 19.5 Å². The first kappa shape index (κ1) is 26.3. The Morgan fingerprint density at radius 2 is 1.69 bits per heavy atom. The van der Waals surface area contributed by atoms with Crippen LogP contribution in [0.5, 0.6) is 5.75 Å². The molecule has 2 N–H and O–H groups in total. The van der Waals surface area contributed by atoms with Crippen molar-refractivity contribution in [1.29, 1.82) is 0 Å². The smallest absolute Gasteiger partial charge is 0.326 e. The van der Waals surface area contributed by atoms with Crippen LogP contribution in [-0.2, 0) is 28.9 Å². The summed E-state index contributed by atoms with van der Waals surface area (Å²) in [6.45, 7) is 3.21. The molecule has 2 aliphatic rings. The van der Waals surface area contributed by atoms with Gasteiger partial charge in [0.2, 0.25) is 5.91 Å². The second-order valence-corrected chi connectivity index (χ2v) is 10.1. The maximum absolute atomic E-state index is 13.3. The molecule has 3 aromatic carbocycles. The Hall–Kier alpha value is -4.33. The van der Waals surface area contributed by atoms with Gasteiger partial charge in [-0.25, -0.2) is 4.79 Å². The van der Waals surface area contributed by atoms with Gasteiger partial charge in [0, 0.05) is 24.5 Å². The molecule has 0 unspecified atom stereocenters. The number of nitrogens with one attached hydrogen (secondary N) is 1. The Morgan fingerprint density at radius 3 is 2.46 bits per heavy atom. The zero-order chi connectivity index (χ0) is 27.5. The highest BCUT2D eigenvalue weighted by Crippen LogP contribution is 2.34. The van der Waals surface area contributed by atoms with E-state index in [1.165, 1.54) is 0 Å². The molecule has 2 heterocycles. The number of hydrogen-bond acceptors (Lipinski definition) is 4. The molecule has 3 aromatic rings. The molecule has 3 amide bonds. The van der Waals surface area contributed by atoms with E-state index in [0.29, 0.717) is 24.5 Å². The fraction of sp³-hybridized carbons (Fsp3) is 0.323. The molecule has 39 heavy (non-hydrogen) atoms. The highest BCUT2D eigenvalue weighted by atomic mass is 16.5. The lowest BCUT2D eigenvalue weighted by Crippen LogP contribution is -2.33. The van der Waals surface area contributed by atoms with Gasteiger partial charge < -0.3 is 20.1 Å². The van der Waals surface area contributed by atoms with Crippen LogP contribution >= 0.6 is 0 Å². The largest absolute Gasteiger partial charge is 0.495 e. The van der Waals surface area contributed by atoms with Crippen molar-refractivity contribution in [1.82, 2.24) is 0 Å². The van der Waals surface area contributed by atoms with Gasteiger partial charge in [-0.15, -0.1) is 0 Å². The lowest BCUT2D eigenvalue weighted by atomic mass is 9.91. The quantitative estimate of drug-likeness (QED) is 0.409. The highest BCUT2D eigenvalue weighted by molar-refractivity contribution is 6.04. The second kappa shape index (κ2) is 11.2. The molecule has 0 spiro atoms. The number of rotatable bonds is 8. The van der Waals surface area contributed by atoms with Crippen molar-refractivity contribution in [3.63, 3.8) is 0 Å². The summed E-state index contributed by atoms with van der Waals surface area (Å²) in [5.41, 5.74) is 6.38. The second-order valence-electron chi connectivity index (χ2n) is 10.1. The van der Waals surface area contributed by atoms with E-state index in [1.807, 2.05) is 49.4 Å². The molecule has 5 rings (SSSR count). The number of aliphatic carboxylic acids is 1. The Labute approximate surface area is 228 Å². The molecule has 0 fully saturated rings. The molecule has 1 atom stereocenters. The van der Waals surface area contributed by atoms with E-state index in [0.717, 1.165) is 52.9 Å². The van der Waals surface area contributed by atoms with Gasteiger partial charge in [-0.05, 0) is 71.7 Å². The lowest BCUT2D eigenvalue weighted by molar-refractivity contribution is -0.137. The van der Waals surface area contributed by atoms with Gasteiger partial charge in [0.05, 0.1) is 25.6 Å². The summed E-state index contributed by atoms with van der Waals surface area (Å²) in [6, 6.07) is 19.0. The number of nitrogens with zero attached hydrogens (tertiary/aromatic N) is 2. The number of carboxylic acid groups (broad SMARTS) is 1. The number of methoxy groups -OCH3 is 1. The van der Waals surface area contributed by atoms with Gasteiger partial charge in [-0.1, -0.05) is 43.3 Å². The summed E-state index contributed by atoms with van der Waals surface area (Å²) in [4.78, 5) is 41.0. The zero-order valence-corrected chi connectivity index (χ0v) is 22.3. The number of ether oxygens (including phenoxy) is 1. The number of carbonyl (C=O) groups is 3. The SMILES string of the molecule is CC[C@H](CC(=O)O)c1ccc2c(c1)CCN2C(=O)Cc1ccc(NC(=O)N2CCc3ccccc32)c(OC)c1. The molecular formula is C31H33N3O5. The fourth-order valence-corrected chi connectivity index (χ4v) is 5.59. The summed E-state index contributed by atoms with van der Waals surface area (Å²) in [5.74, 6) is -0.367. The third kappa shape index (κ3) is 5.46. The fourth-order valence-electron chi connectivity index (χ4n) is 5.59. The number of carboxylic acids is 1. The van der Waals surface area contributed by atoms with Crippen LogP contribution in [0.3, 0.4) is 0 Å². The van der Waals surface area contributed by atoms with Crippen LogP contribution in [0.1, 0.15) is 47.9 Å². The molecular weight excluding hydrogens is 494 g/mol. The lowest BCUT2D eigenvalue weighted by Gasteiger charge is -2.20. The van der Waals surface area contributed by atoms with Crippen molar-refractivity contribution < 1.29 is 24.2 Å². The van der Waals surface area contributed by atoms with Crippen LogP contribution < -0.4 is 19.9 Å². The molecule has 0 bridgehead atoms. The van der Waals surface area contributed by atoms with Crippen LogP contribution in [0.2, 0.25) is 0 Å². The normalized spacial score (nSPS) is 14.5. The first-order valence-corrected chi connectivity index (χ1v) is 13.4. The van der Waals surface area contributed by atoms with Gasteiger partial charge in [0.1, 0.15) is 5.75 Å². The summed E-state index contributed by atoms with van der Waals surface area (Å²) >= 11 is 0. The van der Waals surface area contributed by atoms with E-state index in [1.54, 1.807) is 29.0 Å². The van der Waals surface area contributed by atoms with E-state index < -0.39 is 5.97 Å². The summed E-state index contributed by atoms with van der Waals surface area (Å²) < 4.78 is 5.56. The van der Waals surface area contributed by atoms with Crippen LogP contribution in [0.4, 0.5) is 21.9 Å². The Kier molecular flexibility index (Phi) is 7.54.